The number of alkyl carbamates (subject to hydrolysis) is 1. The molecule has 0 radical (unpaired) electrons. The highest BCUT2D eigenvalue weighted by atomic mass is 127. The van der Waals surface area contributed by atoms with Crippen LogP contribution in [0.2, 0.25) is 0 Å². The number of hydrogen-bond acceptors (Lipinski definition) is 5. The van der Waals surface area contributed by atoms with E-state index in [1.165, 1.54) is 24.5 Å². The standard InChI is InChI=1S/C26H24F2IN5O3/c1-34-15-32-24-21(34)13-18(23(22(24)28)33-20-9-8-17(29)12-19(20)27)25(35)30-10-5-11-31-26(36)37-14-16-6-3-2-4-7-16/h2-4,6-9,12-13,15,33H,5,10-11,14H2,1H3,(H,30,35)(H,31,36). The molecule has 4 aromatic rings. The van der Waals surface area contributed by atoms with Gasteiger partial charge in [0.25, 0.3) is 5.91 Å². The average molecular weight is 619 g/mol. The van der Waals surface area contributed by atoms with Crippen molar-refractivity contribution in [1.82, 2.24) is 20.2 Å². The number of benzene rings is 3. The SMILES string of the molecule is Cn1cnc2c(F)c(Nc3ccc(I)cc3F)c(C(=O)NCCCNC(=O)OCc3ccccc3)cc21. The first-order valence-electron chi connectivity index (χ1n) is 11.4. The van der Waals surface area contributed by atoms with E-state index in [4.69, 9.17) is 4.74 Å². The Kier molecular flexibility index (Phi) is 8.54. The van der Waals surface area contributed by atoms with Crippen LogP contribution in [0.3, 0.4) is 0 Å². The number of fused-ring (bicyclic) bond motifs is 1. The molecule has 3 N–H and O–H groups in total. The van der Waals surface area contributed by atoms with Gasteiger partial charge in [-0.25, -0.2) is 18.6 Å². The predicted octanol–water partition coefficient (Wildman–Crippen LogP) is 5.25. The van der Waals surface area contributed by atoms with Crippen LogP contribution in [0.25, 0.3) is 11.0 Å². The molecule has 0 saturated carbocycles. The van der Waals surface area contributed by atoms with E-state index >= 15 is 4.39 Å². The zero-order valence-electron chi connectivity index (χ0n) is 19.9. The number of anilines is 2. The molecular weight excluding hydrogens is 595 g/mol. The van der Waals surface area contributed by atoms with Crippen LogP contribution in [0.15, 0.2) is 60.9 Å². The molecule has 1 heterocycles. The molecule has 2 amide bonds. The highest BCUT2D eigenvalue weighted by molar-refractivity contribution is 14.1. The van der Waals surface area contributed by atoms with Crippen molar-refractivity contribution in [3.8, 4) is 0 Å². The summed E-state index contributed by atoms with van der Waals surface area (Å²) in [6, 6.07) is 15.2. The Morgan fingerprint density at radius 1 is 1.05 bits per heavy atom. The van der Waals surface area contributed by atoms with Gasteiger partial charge in [-0.1, -0.05) is 30.3 Å². The summed E-state index contributed by atoms with van der Waals surface area (Å²) in [4.78, 5) is 28.9. The summed E-state index contributed by atoms with van der Waals surface area (Å²) < 4.78 is 37.3. The molecule has 192 valence electrons. The zero-order chi connectivity index (χ0) is 26.4. The van der Waals surface area contributed by atoms with Crippen LogP contribution in [0.4, 0.5) is 25.0 Å². The van der Waals surface area contributed by atoms with Gasteiger partial charge in [0.1, 0.15) is 17.9 Å². The third kappa shape index (κ3) is 6.53. The highest BCUT2D eigenvalue weighted by Gasteiger charge is 2.22. The van der Waals surface area contributed by atoms with Gasteiger partial charge in [-0.2, -0.15) is 0 Å². The van der Waals surface area contributed by atoms with Gasteiger partial charge in [-0.15, -0.1) is 0 Å². The van der Waals surface area contributed by atoms with Gasteiger partial charge in [0.05, 0.1) is 28.8 Å². The third-order valence-corrected chi connectivity index (χ3v) is 6.19. The molecule has 37 heavy (non-hydrogen) atoms. The van der Waals surface area contributed by atoms with E-state index in [-0.39, 0.29) is 42.2 Å². The molecule has 1 aromatic heterocycles. The van der Waals surface area contributed by atoms with Crippen molar-refractivity contribution in [2.75, 3.05) is 18.4 Å². The minimum Gasteiger partial charge on any atom is -0.445 e. The van der Waals surface area contributed by atoms with Crippen LogP contribution < -0.4 is 16.0 Å². The molecular formula is C26H24F2IN5O3. The fourth-order valence-electron chi connectivity index (χ4n) is 3.60. The lowest BCUT2D eigenvalue weighted by Gasteiger charge is -2.15. The van der Waals surface area contributed by atoms with Crippen LogP contribution in [-0.4, -0.2) is 34.6 Å². The summed E-state index contributed by atoms with van der Waals surface area (Å²) in [6.07, 6.45) is 1.29. The van der Waals surface area contributed by atoms with Crippen molar-refractivity contribution in [2.45, 2.75) is 13.0 Å². The second-order valence-electron chi connectivity index (χ2n) is 8.18. The summed E-state index contributed by atoms with van der Waals surface area (Å²) in [7, 11) is 1.69. The number of nitrogens with zero attached hydrogens (tertiary/aromatic N) is 2. The molecule has 0 fully saturated rings. The Hall–Kier alpha value is -3.74. The first kappa shape index (κ1) is 26.3. The maximum absolute atomic E-state index is 15.4. The Labute approximate surface area is 225 Å². The minimum absolute atomic E-state index is 0.00165. The van der Waals surface area contributed by atoms with Crippen LogP contribution in [0, 0.1) is 15.2 Å². The monoisotopic (exact) mass is 619 g/mol. The van der Waals surface area contributed by atoms with Gasteiger partial charge in [0.2, 0.25) is 0 Å². The summed E-state index contributed by atoms with van der Waals surface area (Å²) in [5.74, 6) is -1.89. The third-order valence-electron chi connectivity index (χ3n) is 5.52. The Balaban J connectivity index is 1.39. The maximum Gasteiger partial charge on any atom is 0.407 e. The fourth-order valence-corrected chi connectivity index (χ4v) is 4.05. The second-order valence-corrected chi connectivity index (χ2v) is 9.43. The summed E-state index contributed by atoms with van der Waals surface area (Å²) in [5, 5.41) is 8.07. The van der Waals surface area contributed by atoms with Crippen molar-refractivity contribution in [3.05, 3.63) is 87.3 Å². The first-order valence-corrected chi connectivity index (χ1v) is 12.5. The largest absolute Gasteiger partial charge is 0.445 e. The van der Waals surface area contributed by atoms with E-state index in [1.807, 2.05) is 52.9 Å². The number of rotatable bonds is 9. The predicted molar refractivity (Wildman–Crippen MR) is 145 cm³/mol. The molecule has 0 unspecified atom stereocenters. The van der Waals surface area contributed by atoms with Gasteiger partial charge in [-0.3, -0.25) is 4.79 Å². The molecule has 4 rings (SSSR count). The van der Waals surface area contributed by atoms with Crippen LogP contribution in [0.5, 0.6) is 0 Å². The quantitative estimate of drug-likeness (QED) is 0.176. The lowest BCUT2D eigenvalue weighted by molar-refractivity contribution is 0.0954. The molecule has 3 aromatic carbocycles. The number of halogens is 3. The molecule has 0 saturated heterocycles. The lowest BCUT2D eigenvalue weighted by Crippen LogP contribution is -2.30. The average Bonchev–Trinajstić information content (AvgIpc) is 3.26. The van der Waals surface area contributed by atoms with Gasteiger partial charge in [-0.05, 0) is 58.8 Å². The molecule has 0 bridgehead atoms. The number of carbonyl (C=O) groups is 2. The van der Waals surface area contributed by atoms with E-state index in [0.717, 1.165) is 5.56 Å². The molecule has 0 aliphatic heterocycles. The maximum atomic E-state index is 15.4. The van der Waals surface area contributed by atoms with Crippen molar-refractivity contribution >= 4 is 57.0 Å². The number of hydrogen-bond donors (Lipinski definition) is 3. The van der Waals surface area contributed by atoms with E-state index in [1.54, 1.807) is 17.7 Å². The molecule has 8 nitrogen and oxygen atoms in total. The van der Waals surface area contributed by atoms with E-state index in [2.05, 4.69) is 20.9 Å². The lowest BCUT2D eigenvalue weighted by atomic mass is 10.1. The molecule has 0 atom stereocenters. The summed E-state index contributed by atoms with van der Waals surface area (Å²) in [5.41, 5.74) is 1.21. The summed E-state index contributed by atoms with van der Waals surface area (Å²) in [6.45, 7) is 0.630. The normalized spacial score (nSPS) is 10.8. The number of ether oxygens (including phenoxy) is 1. The number of aromatic nitrogens is 2. The molecule has 0 aliphatic carbocycles. The Morgan fingerprint density at radius 2 is 1.81 bits per heavy atom. The van der Waals surface area contributed by atoms with Gasteiger partial charge in [0.15, 0.2) is 5.82 Å². The number of nitrogens with one attached hydrogen (secondary N) is 3. The molecule has 0 spiro atoms. The highest BCUT2D eigenvalue weighted by Crippen LogP contribution is 2.31. The fraction of sp³-hybridized carbons (Fsp3) is 0.192. The van der Waals surface area contributed by atoms with Crippen LogP contribution >= 0.6 is 22.6 Å². The topological polar surface area (TPSA) is 97.3 Å². The van der Waals surface area contributed by atoms with Crippen molar-refractivity contribution in [2.24, 2.45) is 7.05 Å². The minimum atomic E-state index is -0.760. The zero-order valence-corrected chi connectivity index (χ0v) is 22.0. The van der Waals surface area contributed by atoms with Crippen LogP contribution in [-0.2, 0) is 18.4 Å². The second kappa shape index (κ2) is 12.0. The number of imidazole rings is 1. The Morgan fingerprint density at radius 3 is 2.57 bits per heavy atom. The van der Waals surface area contributed by atoms with Crippen molar-refractivity contribution in [3.63, 3.8) is 0 Å². The van der Waals surface area contributed by atoms with E-state index in [9.17, 15) is 14.0 Å². The van der Waals surface area contributed by atoms with Crippen molar-refractivity contribution < 1.29 is 23.1 Å². The molecule has 11 heteroatoms. The number of aryl methyl sites for hydroxylation is 1. The first-order chi connectivity index (χ1) is 17.8. The number of carbonyl (C=O) groups excluding carboxylic acids is 2. The summed E-state index contributed by atoms with van der Waals surface area (Å²) >= 11 is 1.97. The van der Waals surface area contributed by atoms with Gasteiger partial charge >= 0.3 is 6.09 Å². The smallest absolute Gasteiger partial charge is 0.407 e. The van der Waals surface area contributed by atoms with Gasteiger partial charge < -0.3 is 25.3 Å². The van der Waals surface area contributed by atoms with E-state index in [0.29, 0.717) is 15.5 Å². The Bertz CT molecular complexity index is 1430. The van der Waals surface area contributed by atoms with E-state index < -0.39 is 23.6 Å². The van der Waals surface area contributed by atoms with Crippen LogP contribution in [0.1, 0.15) is 22.3 Å². The molecule has 0 aliphatic rings. The number of amides is 2. The van der Waals surface area contributed by atoms with Crippen molar-refractivity contribution in [1.29, 1.82) is 0 Å². The van der Waals surface area contributed by atoms with Gasteiger partial charge in [0, 0.05) is 23.7 Å².